The summed E-state index contributed by atoms with van der Waals surface area (Å²) in [5.74, 6) is 0.657. The van der Waals surface area contributed by atoms with Crippen molar-refractivity contribution in [3.05, 3.63) is 6.10 Å². The fraction of sp³-hybridized carbons (Fsp3) is 0.800. The predicted octanol–water partition coefficient (Wildman–Crippen LogP) is 1.20. The van der Waals surface area contributed by atoms with Crippen molar-refractivity contribution in [3.63, 3.8) is 0 Å². The van der Waals surface area contributed by atoms with Crippen LogP contribution in [0.2, 0.25) is 0 Å². The summed E-state index contributed by atoms with van der Waals surface area (Å²) < 4.78 is 4.89. The van der Waals surface area contributed by atoms with Crippen molar-refractivity contribution in [1.82, 2.24) is 0 Å². The minimum absolute atomic E-state index is 0. The molecule has 1 aliphatic heterocycles. The molecule has 1 heterocycles. The fourth-order valence-corrected chi connectivity index (χ4v) is 0.375. The van der Waals surface area contributed by atoms with E-state index in [4.69, 9.17) is 4.74 Å². The molecule has 1 saturated heterocycles. The quantitative estimate of drug-likeness (QED) is 0.429. The van der Waals surface area contributed by atoms with Gasteiger partial charge in [-0.25, -0.2) is 0 Å². The number of hydrogen-bond donors (Lipinski definition) is 0. The zero-order chi connectivity index (χ0) is 4.57. The molecule has 1 radical (unpaired) electrons. The predicted molar refractivity (Wildman–Crippen MR) is 24.0 cm³/mol. The molecule has 0 aliphatic carbocycles. The van der Waals surface area contributed by atoms with Gasteiger partial charge in [0.05, 0.1) is 0 Å². The average Bonchev–Trinajstić information content (AvgIpc) is 2.06. The van der Waals surface area contributed by atoms with Crippen molar-refractivity contribution in [2.75, 3.05) is 6.61 Å². The van der Waals surface area contributed by atoms with E-state index in [2.05, 4.69) is 13.8 Å². The van der Waals surface area contributed by atoms with E-state index >= 15 is 0 Å². The van der Waals surface area contributed by atoms with Crippen LogP contribution in [0.25, 0.3) is 0 Å². The van der Waals surface area contributed by atoms with E-state index in [0.717, 1.165) is 6.61 Å². The van der Waals surface area contributed by atoms with Crippen molar-refractivity contribution < 1.29 is 37.4 Å². The van der Waals surface area contributed by atoms with E-state index in [1.165, 1.54) is 6.10 Å². The van der Waals surface area contributed by atoms with Crippen molar-refractivity contribution >= 4 is 0 Å². The molecule has 0 aromatic rings. The van der Waals surface area contributed by atoms with Gasteiger partial charge in [-0.15, -0.1) is 5.92 Å². The van der Waals surface area contributed by atoms with E-state index in [-0.39, 0.29) is 32.7 Å². The third-order valence-electron chi connectivity index (χ3n) is 0.955. The summed E-state index contributed by atoms with van der Waals surface area (Å²) in [6, 6.07) is 0. The van der Waals surface area contributed by atoms with Crippen molar-refractivity contribution in [2.45, 2.75) is 13.8 Å². The first kappa shape index (κ1) is 8.06. The van der Waals surface area contributed by atoms with Gasteiger partial charge in [0, 0.05) is 32.7 Å². The second-order valence-corrected chi connectivity index (χ2v) is 1.91. The first-order valence-electron chi connectivity index (χ1n) is 2.29. The Bertz CT molecular complexity index is 50.0. The Morgan fingerprint density at radius 2 is 2.00 bits per heavy atom. The maximum absolute atomic E-state index is 4.89. The molecule has 1 rings (SSSR count). The van der Waals surface area contributed by atoms with Crippen molar-refractivity contribution in [3.8, 4) is 0 Å². The molecule has 0 bridgehead atoms. The summed E-state index contributed by atoms with van der Waals surface area (Å²) in [7, 11) is 0. The van der Waals surface area contributed by atoms with E-state index < -0.39 is 0 Å². The van der Waals surface area contributed by atoms with Crippen molar-refractivity contribution in [1.29, 1.82) is 0 Å². The van der Waals surface area contributed by atoms with Crippen LogP contribution in [0.4, 0.5) is 0 Å². The van der Waals surface area contributed by atoms with Crippen LogP contribution in [0.3, 0.4) is 0 Å². The van der Waals surface area contributed by atoms with Gasteiger partial charge in [-0.2, -0.15) is 6.10 Å². The van der Waals surface area contributed by atoms with E-state index in [9.17, 15) is 0 Å². The normalized spacial score (nSPS) is 19.3. The molecule has 7 heavy (non-hydrogen) atoms. The molecule has 0 saturated carbocycles. The fourth-order valence-electron chi connectivity index (χ4n) is 0.375. The molecule has 0 atom stereocenters. The van der Waals surface area contributed by atoms with Gasteiger partial charge in [0.25, 0.3) is 0 Å². The summed E-state index contributed by atoms with van der Waals surface area (Å²) in [6.45, 7) is 5.20. The maximum Gasteiger partial charge on any atom is 0 e. The standard InChI is InChI=1S/C5H9O.Y/c1-4(2)5-3-6-5;/h4H,3H2,1-2H3;/q-1;. The number of hydrogen-bond acceptors (Lipinski definition) is 1. The molecule has 1 aliphatic rings. The SMILES string of the molecule is CC(C)[C-]1CO1.[Y]. The molecule has 0 aromatic carbocycles. The van der Waals surface area contributed by atoms with Crippen LogP contribution in [-0.4, -0.2) is 6.61 Å². The van der Waals surface area contributed by atoms with E-state index in [1.54, 1.807) is 0 Å². The van der Waals surface area contributed by atoms with E-state index in [0.29, 0.717) is 5.92 Å². The van der Waals surface area contributed by atoms with Gasteiger partial charge in [0.1, 0.15) is 0 Å². The summed E-state index contributed by atoms with van der Waals surface area (Å²) in [6.07, 6.45) is 1.26. The average molecular weight is 174 g/mol. The van der Waals surface area contributed by atoms with Gasteiger partial charge >= 0.3 is 0 Å². The number of epoxide rings is 1. The molecule has 0 spiro atoms. The zero-order valence-electron chi connectivity index (χ0n) is 4.77. The Morgan fingerprint density at radius 1 is 1.57 bits per heavy atom. The van der Waals surface area contributed by atoms with Crippen LogP contribution in [0.5, 0.6) is 0 Å². The largest absolute Gasteiger partial charge is 0.570 e. The molecule has 0 aromatic heterocycles. The van der Waals surface area contributed by atoms with Crippen LogP contribution in [0.1, 0.15) is 13.8 Å². The van der Waals surface area contributed by atoms with Gasteiger partial charge in [0.15, 0.2) is 0 Å². The second-order valence-electron chi connectivity index (χ2n) is 1.91. The monoisotopic (exact) mass is 174 g/mol. The maximum atomic E-state index is 4.89. The van der Waals surface area contributed by atoms with Crippen LogP contribution in [-0.2, 0) is 37.4 Å². The Balaban J connectivity index is 0.000000360. The van der Waals surface area contributed by atoms with Gasteiger partial charge in [-0.3, -0.25) is 0 Å². The molecule has 39 valence electrons. The first-order valence-corrected chi connectivity index (χ1v) is 2.29. The van der Waals surface area contributed by atoms with Crippen LogP contribution >= 0.6 is 0 Å². The van der Waals surface area contributed by atoms with Crippen LogP contribution in [0.15, 0.2) is 0 Å². The third-order valence-corrected chi connectivity index (χ3v) is 0.955. The smallest absolute Gasteiger partial charge is 0 e. The van der Waals surface area contributed by atoms with Gasteiger partial charge in [-0.1, -0.05) is 20.5 Å². The topological polar surface area (TPSA) is 12.5 Å². The minimum atomic E-state index is 0. The van der Waals surface area contributed by atoms with Gasteiger partial charge in [-0.05, 0) is 0 Å². The second kappa shape index (κ2) is 3.16. The molecule has 0 unspecified atom stereocenters. The molecule has 0 amide bonds. The summed E-state index contributed by atoms with van der Waals surface area (Å²) in [4.78, 5) is 0. The summed E-state index contributed by atoms with van der Waals surface area (Å²) in [5.41, 5.74) is 0. The molecule has 2 heteroatoms. The summed E-state index contributed by atoms with van der Waals surface area (Å²) in [5, 5.41) is 0. The molecular formula is C5H9OY-. The molecule has 1 nitrogen and oxygen atoms in total. The molecule has 1 fully saturated rings. The summed E-state index contributed by atoms with van der Waals surface area (Å²) >= 11 is 0. The van der Waals surface area contributed by atoms with Gasteiger partial charge < -0.3 is 4.74 Å². The van der Waals surface area contributed by atoms with Crippen molar-refractivity contribution in [2.24, 2.45) is 5.92 Å². The minimum Gasteiger partial charge on any atom is -0.570 e. The first-order chi connectivity index (χ1) is 2.80. The van der Waals surface area contributed by atoms with Gasteiger partial charge in [0.2, 0.25) is 0 Å². The van der Waals surface area contributed by atoms with E-state index in [1.807, 2.05) is 0 Å². The Hall–Kier alpha value is 1.06. The third kappa shape index (κ3) is 2.79. The Morgan fingerprint density at radius 3 is 2.00 bits per heavy atom. The number of ether oxygens (including phenoxy) is 1. The van der Waals surface area contributed by atoms with Crippen LogP contribution < -0.4 is 0 Å². The Kier molecular flexibility index (Phi) is 3.64. The Labute approximate surface area is 69.7 Å². The molecule has 0 N–H and O–H groups in total. The molecular weight excluding hydrogens is 165 g/mol. The number of rotatable bonds is 1. The zero-order valence-corrected chi connectivity index (χ0v) is 7.61. The van der Waals surface area contributed by atoms with Crippen LogP contribution in [0, 0.1) is 12.0 Å².